The molecule has 2 aromatic heterocycles. The lowest BCUT2D eigenvalue weighted by Gasteiger charge is -2.28. The van der Waals surface area contributed by atoms with Crippen LogP contribution in [0.4, 0.5) is 0 Å². The molecule has 1 aliphatic rings. The van der Waals surface area contributed by atoms with E-state index in [4.69, 9.17) is 4.74 Å². The third-order valence-electron chi connectivity index (χ3n) is 4.05. The fourth-order valence-corrected chi connectivity index (χ4v) is 4.31. The first-order valence-electron chi connectivity index (χ1n) is 7.45. The molecule has 1 fully saturated rings. The number of hydrogen-bond donors (Lipinski definition) is 1. The molecule has 0 saturated heterocycles. The van der Waals surface area contributed by atoms with Gasteiger partial charge in [-0.3, -0.25) is 0 Å². The quantitative estimate of drug-likeness (QED) is 0.878. The number of rotatable bonds is 5. The van der Waals surface area contributed by atoms with Gasteiger partial charge in [-0.1, -0.05) is 0 Å². The number of hydrogen-bond acceptors (Lipinski definition) is 6. The summed E-state index contributed by atoms with van der Waals surface area (Å²) in [5.41, 5.74) is 0. The van der Waals surface area contributed by atoms with Crippen molar-refractivity contribution in [2.75, 3.05) is 7.11 Å². The smallest absolute Gasteiger partial charge is 0.246 e. The van der Waals surface area contributed by atoms with Gasteiger partial charge in [0.2, 0.25) is 15.9 Å². The number of methoxy groups -OCH3 is 1. The standard InChI is InChI=1S/C14H19N5O3S/c1-22-14-13(3-2-8-16-14)23(20,21)18-11-4-6-12(7-5-11)19-10-15-9-17-19/h2-3,8-12,18H,4-7H2,1H3. The van der Waals surface area contributed by atoms with Crippen LogP contribution in [0.25, 0.3) is 0 Å². The highest BCUT2D eigenvalue weighted by Crippen LogP contribution is 2.29. The zero-order valence-electron chi connectivity index (χ0n) is 12.8. The predicted molar refractivity (Wildman–Crippen MR) is 82.4 cm³/mol. The monoisotopic (exact) mass is 337 g/mol. The van der Waals surface area contributed by atoms with Gasteiger partial charge in [-0.15, -0.1) is 0 Å². The molecule has 1 aliphatic carbocycles. The van der Waals surface area contributed by atoms with Crippen LogP contribution in [0.2, 0.25) is 0 Å². The summed E-state index contributed by atoms with van der Waals surface area (Å²) >= 11 is 0. The number of sulfonamides is 1. The number of nitrogens with zero attached hydrogens (tertiary/aromatic N) is 4. The highest BCUT2D eigenvalue weighted by Gasteiger charge is 2.28. The van der Waals surface area contributed by atoms with Crippen molar-refractivity contribution >= 4 is 10.0 Å². The van der Waals surface area contributed by atoms with Crippen molar-refractivity contribution in [3.63, 3.8) is 0 Å². The Morgan fingerprint density at radius 3 is 2.74 bits per heavy atom. The average molecular weight is 337 g/mol. The molecular formula is C14H19N5O3S. The first-order valence-corrected chi connectivity index (χ1v) is 8.94. The van der Waals surface area contributed by atoms with Gasteiger partial charge in [-0.2, -0.15) is 5.10 Å². The summed E-state index contributed by atoms with van der Waals surface area (Å²) in [4.78, 5) is 7.97. The van der Waals surface area contributed by atoms with E-state index in [1.165, 1.54) is 25.7 Å². The molecular weight excluding hydrogens is 318 g/mol. The zero-order chi connectivity index (χ0) is 16.3. The number of pyridine rings is 1. The van der Waals surface area contributed by atoms with Crippen LogP contribution in [-0.4, -0.2) is 41.3 Å². The predicted octanol–water partition coefficient (Wildman–Crippen LogP) is 1.14. The van der Waals surface area contributed by atoms with Gasteiger partial charge in [0.25, 0.3) is 0 Å². The SMILES string of the molecule is COc1ncccc1S(=O)(=O)NC1CCC(n2cncn2)CC1. The fourth-order valence-electron chi connectivity index (χ4n) is 2.88. The maximum atomic E-state index is 12.5. The third-order valence-corrected chi connectivity index (χ3v) is 5.58. The summed E-state index contributed by atoms with van der Waals surface area (Å²) in [6.07, 6.45) is 7.96. The lowest BCUT2D eigenvalue weighted by Crippen LogP contribution is -2.38. The molecule has 1 saturated carbocycles. The molecule has 9 heteroatoms. The highest BCUT2D eigenvalue weighted by atomic mass is 32.2. The van der Waals surface area contributed by atoms with Crippen LogP contribution in [0.1, 0.15) is 31.7 Å². The van der Waals surface area contributed by atoms with Gasteiger partial charge in [0.15, 0.2) is 0 Å². The molecule has 0 amide bonds. The van der Waals surface area contributed by atoms with Crippen molar-refractivity contribution in [1.29, 1.82) is 0 Å². The lowest BCUT2D eigenvalue weighted by molar-refractivity contribution is 0.293. The molecule has 1 N–H and O–H groups in total. The Bertz CT molecular complexity index is 740. The summed E-state index contributed by atoms with van der Waals surface area (Å²) < 4.78 is 34.7. The van der Waals surface area contributed by atoms with Crippen molar-refractivity contribution in [2.24, 2.45) is 0 Å². The van der Waals surface area contributed by atoms with E-state index in [1.54, 1.807) is 12.4 Å². The fraction of sp³-hybridized carbons (Fsp3) is 0.500. The summed E-state index contributed by atoms with van der Waals surface area (Å²) in [6, 6.07) is 3.27. The van der Waals surface area contributed by atoms with Crippen molar-refractivity contribution < 1.29 is 13.2 Å². The highest BCUT2D eigenvalue weighted by molar-refractivity contribution is 7.89. The van der Waals surface area contributed by atoms with Crippen LogP contribution in [-0.2, 0) is 10.0 Å². The van der Waals surface area contributed by atoms with Crippen LogP contribution in [0.15, 0.2) is 35.9 Å². The van der Waals surface area contributed by atoms with Gasteiger partial charge in [0, 0.05) is 12.2 Å². The van der Waals surface area contributed by atoms with Crippen LogP contribution in [0.3, 0.4) is 0 Å². The van der Waals surface area contributed by atoms with Gasteiger partial charge in [0.1, 0.15) is 17.6 Å². The van der Waals surface area contributed by atoms with E-state index in [9.17, 15) is 8.42 Å². The van der Waals surface area contributed by atoms with Crippen molar-refractivity contribution in [3.05, 3.63) is 31.0 Å². The van der Waals surface area contributed by atoms with Crippen molar-refractivity contribution in [3.8, 4) is 5.88 Å². The van der Waals surface area contributed by atoms with Gasteiger partial charge < -0.3 is 4.74 Å². The Morgan fingerprint density at radius 1 is 1.30 bits per heavy atom. The number of ether oxygens (including phenoxy) is 1. The molecule has 2 heterocycles. The molecule has 0 radical (unpaired) electrons. The summed E-state index contributed by atoms with van der Waals surface area (Å²) in [5.74, 6) is 0.108. The van der Waals surface area contributed by atoms with Gasteiger partial charge >= 0.3 is 0 Å². The Balaban J connectivity index is 1.66. The molecule has 0 bridgehead atoms. The van der Waals surface area contributed by atoms with E-state index in [-0.39, 0.29) is 22.9 Å². The molecule has 8 nitrogen and oxygen atoms in total. The molecule has 0 atom stereocenters. The van der Waals surface area contributed by atoms with Gasteiger partial charge in [0.05, 0.1) is 13.2 Å². The topological polar surface area (TPSA) is 99.0 Å². The summed E-state index contributed by atoms with van der Waals surface area (Å²) in [7, 11) is -2.24. The third kappa shape index (κ3) is 3.50. The van der Waals surface area contributed by atoms with Crippen LogP contribution in [0, 0.1) is 0 Å². The first-order chi connectivity index (χ1) is 11.1. The molecule has 23 heavy (non-hydrogen) atoms. The van der Waals surface area contributed by atoms with Crippen LogP contribution < -0.4 is 9.46 Å². The van der Waals surface area contributed by atoms with E-state index in [2.05, 4.69) is 19.8 Å². The molecule has 2 aromatic rings. The summed E-state index contributed by atoms with van der Waals surface area (Å²) in [6.45, 7) is 0. The Hall–Kier alpha value is -2.00. The maximum Gasteiger partial charge on any atom is 0.246 e. The normalized spacial score (nSPS) is 22.0. The number of aromatic nitrogens is 4. The van der Waals surface area contributed by atoms with Crippen molar-refractivity contribution in [1.82, 2.24) is 24.5 Å². The van der Waals surface area contributed by atoms with Crippen LogP contribution >= 0.6 is 0 Å². The molecule has 3 rings (SSSR count). The second-order valence-electron chi connectivity index (χ2n) is 5.51. The molecule has 0 unspecified atom stereocenters. The molecule has 0 aliphatic heterocycles. The lowest BCUT2D eigenvalue weighted by atomic mass is 9.92. The maximum absolute atomic E-state index is 12.5. The summed E-state index contributed by atoms with van der Waals surface area (Å²) in [5, 5.41) is 4.15. The minimum Gasteiger partial charge on any atom is -0.480 e. The van der Waals surface area contributed by atoms with Gasteiger partial charge in [-0.25, -0.2) is 27.8 Å². The first kappa shape index (κ1) is 15.9. The van der Waals surface area contributed by atoms with E-state index >= 15 is 0 Å². The second kappa shape index (κ2) is 6.63. The molecule has 124 valence electrons. The number of nitrogens with one attached hydrogen (secondary N) is 1. The van der Waals surface area contributed by atoms with E-state index in [0.29, 0.717) is 0 Å². The second-order valence-corrected chi connectivity index (χ2v) is 7.20. The Morgan fingerprint density at radius 2 is 2.09 bits per heavy atom. The zero-order valence-corrected chi connectivity index (χ0v) is 13.6. The minimum absolute atomic E-state index is 0.0703. The average Bonchev–Trinajstić information content (AvgIpc) is 3.09. The van der Waals surface area contributed by atoms with E-state index in [0.717, 1.165) is 25.7 Å². The molecule has 0 spiro atoms. The Kier molecular flexibility index (Phi) is 4.58. The Labute approximate surface area is 135 Å². The largest absolute Gasteiger partial charge is 0.480 e. The van der Waals surface area contributed by atoms with Gasteiger partial charge in [-0.05, 0) is 37.8 Å². The van der Waals surface area contributed by atoms with Crippen LogP contribution in [0.5, 0.6) is 5.88 Å². The van der Waals surface area contributed by atoms with E-state index < -0.39 is 10.0 Å². The minimum atomic E-state index is -3.65. The molecule has 0 aromatic carbocycles. The van der Waals surface area contributed by atoms with E-state index in [1.807, 2.05) is 4.68 Å². The van der Waals surface area contributed by atoms with Crippen molar-refractivity contribution in [2.45, 2.75) is 42.7 Å².